The molecule has 2 N–H and O–H groups in total. The molecule has 1 atom stereocenters. The summed E-state index contributed by atoms with van der Waals surface area (Å²) in [6.45, 7) is 0. The summed E-state index contributed by atoms with van der Waals surface area (Å²) < 4.78 is 13.4. The number of urea groups is 1. The zero-order valence-electron chi connectivity index (χ0n) is 12.0. The summed E-state index contributed by atoms with van der Waals surface area (Å²) in [6, 6.07) is 11.4. The van der Waals surface area contributed by atoms with Crippen molar-refractivity contribution < 1.29 is 18.8 Å². The van der Waals surface area contributed by atoms with E-state index in [-0.39, 0.29) is 17.9 Å². The maximum atomic E-state index is 13.4. The van der Waals surface area contributed by atoms with Crippen molar-refractivity contribution in [2.24, 2.45) is 5.73 Å². The first-order valence-corrected chi connectivity index (χ1v) is 6.98. The maximum absolute atomic E-state index is 13.4. The van der Waals surface area contributed by atoms with Gasteiger partial charge in [-0.2, -0.15) is 0 Å². The fourth-order valence-corrected chi connectivity index (χ4v) is 2.77. The molecule has 0 spiro atoms. The Morgan fingerprint density at radius 1 is 1.13 bits per heavy atom. The zero-order valence-corrected chi connectivity index (χ0v) is 12.0. The molecule has 1 heterocycles. The van der Waals surface area contributed by atoms with E-state index in [0.717, 1.165) is 17.7 Å². The molecule has 0 bridgehead atoms. The van der Waals surface area contributed by atoms with Crippen LogP contribution < -0.4 is 10.6 Å². The molecule has 2 aromatic rings. The van der Waals surface area contributed by atoms with E-state index in [1.807, 2.05) is 6.07 Å². The highest BCUT2D eigenvalue weighted by Gasteiger charge is 2.43. The minimum absolute atomic E-state index is 0.0360. The molecule has 0 aromatic heterocycles. The molecule has 3 amide bonds. The van der Waals surface area contributed by atoms with E-state index in [9.17, 15) is 18.8 Å². The summed E-state index contributed by atoms with van der Waals surface area (Å²) in [6.07, 6.45) is 0.0423. The molecular weight excluding hydrogens is 299 g/mol. The lowest BCUT2D eigenvalue weighted by molar-refractivity contribution is -0.127. The number of hydrogen-bond acceptors (Lipinski definition) is 3. The second-order valence-electron chi connectivity index (χ2n) is 5.28. The molecule has 0 aliphatic carbocycles. The van der Waals surface area contributed by atoms with Crippen LogP contribution in [0.15, 0.2) is 48.5 Å². The standard InChI is InChI=1S/C17H13FN2O3/c18-11-6-7-12-13(9-11)20(17(19)23)16(22)15(12)14(21)8-10-4-2-1-3-5-10/h1-7,9,15H,8H2,(H2,19,23). The van der Waals surface area contributed by atoms with Gasteiger partial charge in [-0.1, -0.05) is 36.4 Å². The van der Waals surface area contributed by atoms with Crippen LogP contribution in [0.1, 0.15) is 17.0 Å². The van der Waals surface area contributed by atoms with Crippen molar-refractivity contribution in [2.45, 2.75) is 12.3 Å². The number of nitrogens with two attached hydrogens (primary N) is 1. The number of carbonyl (C=O) groups excluding carboxylic acids is 3. The lowest BCUT2D eigenvalue weighted by atomic mass is 9.92. The van der Waals surface area contributed by atoms with E-state index in [0.29, 0.717) is 10.5 Å². The number of carbonyl (C=O) groups is 3. The fourth-order valence-electron chi connectivity index (χ4n) is 2.77. The lowest BCUT2D eigenvalue weighted by Crippen LogP contribution is -2.40. The number of primary amides is 1. The summed E-state index contributed by atoms with van der Waals surface area (Å²) in [5.41, 5.74) is 6.29. The van der Waals surface area contributed by atoms with Gasteiger partial charge in [0.05, 0.1) is 5.69 Å². The van der Waals surface area contributed by atoms with E-state index in [1.165, 1.54) is 6.07 Å². The molecule has 1 aliphatic rings. The lowest BCUT2D eigenvalue weighted by Gasteiger charge is -2.12. The van der Waals surface area contributed by atoms with E-state index >= 15 is 0 Å². The number of nitrogens with zero attached hydrogens (tertiary/aromatic N) is 1. The largest absolute Gasteiger partial charge is 0.351 e. The molecule has 1 aliphatic heterocycles. The second-order valence-corrected chi connectivity index (χ2v) is 5.28. The van der Waals surface area contributed by atoms with Crippen molar-refractivity contribution >= 4 is 23.4 Å². The van der Waals surface area contributed by atoms with E-state index in [1.54, 1.807) is 24.3 Å². The van der Waals surface area contributed by atoms with E-state index in [4.69, 9.17) is 5.73 Å². The second kappa shape index (κ2) is 5.64. The number of imide groups is 1. The number of halogens is 1. The Morgan fingerprint density at radius 2 is 1.83 bits per heavy atom. The average molecular weight is 312 g/mol. The minimum atomic E-state index is -1.14. The Balaban J connectivity index is 1.98. The third kappa shape index (κ3) is 2.59. The van der Waals surface area contributed by atoms with Crippen molar-refractivity contribution in [1.82, 2.24) is 0 Å². The van der Waals surface area contributed by atoms with Gasteiger partial charge < -0.3 is 5.73 Å². The number of fused-ring (bicyclic) bond motifs is 1. The minimum Gasteiger partial charge on any atom is -0.351 e. The van der Waals surface area contributed by atoms with Crippen molar-refractivity contribution in [1.29, 1.82) is 0 Å². The zero-order chi connectivity index (χ0) is 16.6. The monoisotopic (exact) mass is 312 g/mol. The molecule has 0 saturated heterocycles. The van der Waals surface area contributed by atoms with Gasteiger partial charge in [0, 0.05) is 6.42 Å². The van der Waals surface area contributed by atoms with Gasteiger partial charge in [0.15, 0.2) is 5.78 Å². The van der Waals surface area contributed by atoms with Crippen molar-refractivity contribution in [3.63, 3.8) is 0 Å². The fraction of sp³-hybridized carbons (Fsp3) is 0.118. The van der Waals surface area contributed by atoms with Crippen molar-refractivity contribution in [3.8, 4) is 0 Å². The number of anilines is 1. The molecule has 3 rings (SSSR count). The Morgan fingerprint density at radius 3 is 2.48 bits per heavy atom. The average Bonchev–Trinajstić information content (AvgIpc) is 2.79. The molecule has 1 unspecified atom stereocenters. The number of rotatable bonds is 3. The van der Waals surface area contributed by atoms with Crippen LogP contribution in [0.5, 0.6) is 0 Å². The SMILES string of the molecule is NC(=O)N1C(=O)C(C(=O)Cc2ccccc2)c2ccc(F)cc21. The Kier molecular flexibility index (Phi) is 3.65. The van der Waals surface area contributed by atoms with Gasteiger partial charge in [0.2, 0.25) is 5.91 Å². The van der Waals surface area contributed by atoms with Gasteiger partial charge in [-0.3, -0.25) is 9.59 Å². The summed E-state index contributed by atoms with van der Waals surface area (Å²) in [5.74, 6) is -2.85. The first-order valence-electron chi connectivity index (χ1n) is 6.98. The van der Waals surface area contributed by atoms with Crippen LogP contribution in [0.2, 0.25) is 0 Å². The van der Waals surface area contributed by atoms with Gasteiger partial charge in [-0.25, -0.2) is 14.1 Å². The van der Waals surface area contributed by atoms with Crippen LogP contribution in [-0.4, -0.2) is 17.7 Å². The molecule has 0 radical (unpaired) electrons. The highest BCUT2D eigenvalue weighted by atomic mass is 19.1. The summed E-state index contributed by atoms with van der Waals surface area (Å²) in [4.78, 5) is 37.1. The number of hydrogen-bond donors (Lipinski definition) is 1. The number of benzene rings is 2. The topological polar surface area (TPSA) is 80.5 Å². The Labute approximate surface area is 131 Å². The third-order valence-corrected chi connectivity index (χ3v) is 3.78. The smallest absolute Gasteiger partial charge is 0.326 e. The predicted octanol–water partition coefficient (Wildman–Crippen LogP) is 2.15. The normalized spacial score (nSPS) is 16.3. The van der Waals surface area contributed by atoms with Crippen LogP contribution in [0.4, 0.5) is 14.9 Å². The molecular formula is C17H13FN2O3. The van der Waals surface area contributed by atoms with E-state index < -0.39 is 23.7 Å². The van der Waals surface area contributed by atoms with Gasteiger partial charge in [0.25, 0.3) is 0 Å². The Bertz CT molecular complexity index is 805. The highest BCUT2D eigenvalue weighted by Crippen LogP contribution is 2.38. The summed E-state index contributed by atoms with van der Waals surface area (Å²) >= 11 is 0. The molecule has 0 fully saturated rings. The van der Waals surface area contributed by atoms with Crippen LogP contribution in [0.3, 0.4) is 0 Å². The first kappa shape index (κ1) is 14.9. The molecule has 6 heteroatoms. The van der Waals surface area contributed by atoms with Crippen LogP contribution in [0, 0.1) is 5.82 Å². The van der Waals surface area contributed by atoms with Crippen LogP contribution in [0.25, 0.3) is 0 Å². The molecule has 116 valence electrons. The molecule has 5 nitrogen and oxygen atoms in total. The Hall–Kier alpha value is -3.02. The first-order chi connectivity index (χ1) is 11.0. The van der Waals surface area contributed by atoms with Gasteiger partial charge >= 0.3 is 6.03 Å². The molecule has 0 saturated carbocycles. The van der Waals surface area contributed by atoms with Gasteiger partial charge in [-0.15, -0.1) is 0 Å². The summed E-state index contributed by atoms with van der Waals surface area (Å²) in [7, 11) is 0. The van der Waals surface area contributed by atoms with Crippen molar-refractivity contribution in [2.75, 3.05) is 4.90 Å². The summed E-state index contributed by atoms with van der Waals surface area (Å²) in [5, 5.41) is 0. The van der Waals surface area contributed by atoms with Crippen molar-refractivity contribution in [3.05, 3.63) is 65.5 Å². The maximum Gasteiger partial charge on any atom is 0.326 e. The predicted molar refractivity (Wildman–Crippen MR) is 81.4 cm³/mol. The number of ketones is 1. The van der Waals surface area contributed by atoms with Gasteiger partial charge in [0.1, 0.15) is 11.7 Å². The van der Waals surface area contributed by atoms with Crippen LogP contribution in [-0.2, 0) is 16.0 Å². The quantitative estimate of drug-likeness (QED) is 0.882. The number of amides is 3. The van der Waals surface area contributed by atoms with E-state index in [2.05, 4.69) is 0 Å². The molecule has 23 heavy (non-hydrogen) atoms. The van der Waals surface area contributed by atoms with Crippen LogP contribution >= 0.6 is 0 Å². The highest BCUT2D eigenvalue weighted by molar-refractivity contribution is 6.27. The molecule has 2 aromatic carbocycles. The van der Waals surface area contributed by atoms with Gasteiger partial charge in [-0.05, 0) is 23.3 Å². The number of Topliss-reactive ketones (excluding diaryl/α,β-unsaturated/α-hetero) is 1. The third-order valence-electron chi connectivity index (χ3n) is 3.78.